The molecule has 0 bridgehead atoms. The fourth-order valence-corrected chi connectivity index (χ4v) is 4.40. The van der Waals surface area contributed by atoms with E-state index in [9.17, 15) is 23.6 Å². The molecule has 4 rings (SSSR count). The third kappa shape index (κ3) is 4.68. The molecular formula is C25H27FN4O5. The smallest absolute Gasteiger partial charge is 0.412 e. The van der Waals surface area contributed by atoms with E-state index in [1.807, 2.05) is 0 Å². The van der Waals surface area contributed by atoms with Crippen molar-refractivity contribution >= 4 is 40.9 Å². The minimum atomic E-state index is -0.980. The molecule has 2 aromatic carbocycles. The van der Waals surface area contributed by atoms with Crippen molar-refractivity contribution < 1.29 is 28.3 Å². The molecule has 9 nitrogen and oxygen atoms in total. The van der Waals surface area contributed by atoms with Crippen LogP contribution in [0.3, 0.4) is 0 Å². The van der Waals surface area contributed by atoms with Crippen LogP contribution in [0.25, 0.3) is 0 Å². The zero-order valence-electron chi connectivity index (χ0n) is 20.0. The number of benzene rings is 2. The molecule has 2 heterocycles. The monoisotopic (exact) mass is 482 g/mol. The molecule has 2 aliphatic rings. The van der Waals surface area contributed by atoms with Gasteiger partial charge in [-0.3, -0.25) is 24.6 Å². The minimum Gasteiger partial charge on any atom is -0.444 e. The van der Waals surface area contributed by atoms with Crippen LogP contribution in [-0.2, 0) is 14.3 Å². The number of halogens is 1. The average molecular weight is 483 g/mol. The Morgan fingerprint density at radius 2 is 1.83 bits per heavy atom. The Kier molecular flexibility index (Phi) is 6.00. The molecule has 2 N–H and O–H groups in total. The number of anilines is 3. The van der Waals surface area contributed by atoms with Crippen molar-refractivity contribution in [1.82, 2.24) is 4.90 Å². The van der Waals surface area contributed by atoms with E-state index >= 15 is 0 Å². The van der Waals surface area contributed by atoms with Gasteiger partial charge in [0.1, 0.15) is 23.6 Å². The lowest BCUT2D eigenvalue weighted by Gasteiger charge is -2.48. The van der Waals surface area contributed by atoms with Gasteiger partial charge in [-0.1, -0.05) is 12.1 Å². The number of carbonyl (C=O) groups is 4. The van der Waals surface area contributed by atoms with Crippen LogP contribution < -0.4 is 15.5 Å². The number of hydrogen-bond acceptors (Lipinski definition) is 5. The number of fused-ring (bicyclic) bond motifs is 3. The van der Waals surface area contributed by atoms with Crippen LogP contribution in [0.5, 0.6) is 0 Å². The van der Waals surface area contributed by atoms with Crippen molar-refractivity contribution in [2.75, 3.05) is 22.1 Å². The van der Waals surface area contributed by atoms with Crippen LogP contribution in [-0.4, -0.2) is 46.5 Å². The number of rotatable bonds is 4. The fourth-order valence-electron chi connectivity index (χ4n) is 4.40. The normalized spacial score (nSPS) is 19.2. The number of carbonyl (C=O) groups excluding carboxylic acids is 4. The molecule has 2 aromatic rings. The molecule has 0 saturated carbocycles. The molecule has 0 spiro atoms. The summed E-state index contributed by atoms with van der Waals surface area (Å²) >= 11 is 0. The lowest BCUT2D eigenvalue weighted by molar-refractivity contribution is -0.120. The Hall–Kier alpha value is -3.95. The Balaban J connectivity index is 1.52. The molecule has 0 aromatic heterocycles. The Morgan fingerprint density at radius 1 is 1.11 bits per heavy atom. The van der Waals surface area contributed by atoms with Gasteiger partial charge in [-0.05, 0) is 64.4 Å². The van der Waals surface area contributed by atoms with Crippen LogP contribution in [0.15, 0.2) is 42.5 Å². The van der Waals surface area contributed by atoms with Gasteiger partial charge >= 0.3 is 6.09 Å². The van der Waals surface area contributed by atoms with E-state index in [1.165, 1.54) is 17.0 Å². The molecular weight excluding hydrogens is 455 g/mol. The second kappa shape index (κ2) is 8.68. The summed E-state index contributed by atoms with van der Waals surface area (Å²) in [7, 11) is 0. The molecule has 35 heavy (non-hydrogen) atoms. The molecule has 4 amide bonds. The van der Waals surface area contributed by atoms with Gasteiger partial charge in [0.05, 0.1) is 16.9 Å². The first-order valence-electron chi connectivity index (χ1n) is 11.2. The first-order valence-corrected chi connectivity index (χ1v) is 11.2. The van der Waals surface area contributed by atoms with Gasteiger partial charge in [-0.25, -0.2) is 9.18 Å². The zero-order valence-corrected chi connectivity index (χ0v) is 20.0. The summed E-state index contributed by atoms with van der Waals surface area (Å²) in [6.07, 6.45) is -0.190. The highest BCUT2D eigenvalue weighted by Crippen LogP contribution is 2.43. The van der Waals surface area contributed by atoms with Crippen LogP contribution in [0, 0.1) is 5.82 Å². The highest BCUT2D eigenvalue weighted by atomic mass is 19.1. The summed E-state index contributed by atoms with van der Waals surface area (Å²) in [5.74, 6) is -1.71. The van der Waals surface area contributed by atoms with Crippen molar-refractivity contribution in [2.24, 2.45) is 0 Å². The second-order valence-corrected chi connectivity index (χ2v) is 9.72. The summed E-state index contributed by atoms with van der Waals surface area (Å²) in [5, 5.41) is 4.96. The van der Waals surface area contributed by atoms with E-state index in [1.54, 1.807) is 56.9 Å². The minimum absolute atomic E-state index is 0.116. The summed E-state index contributed by atoms with van der Waals surface area (Å²) in [4.78, 5) is 53.9. The summed E-state index contributed by atoms with van der Waals surface area (Å²) in [5.41, 5.74) is -0.811. The molecule has 1 saturated heterocycles. The lowest BCUT2D eigenvalue weighted by Crippen LogP contribution is -2.63. The molecule has 1 fully saturated rings. The second-order valence-electron chi connectivity index (χ2n) is 9.72. The highest BCUT2D eigenvalue weighted by Gasteiger charge is 2.53. The lowest BCUT2D eigenvalue weighted by atomic mass is 9.98. The van der Waals surface area contributed by atoms with Gasteiger partial charge in [-0.2, -0.15) is 0 Å². The highest BCUT2D eigenvalue weighted by molar-refractivity contribution is 6.11. The maximum atomic E-state index is 14.2. The molecule has 0 aliphatic carbocycles. The quantitative estimate of drug-likeness (QED) is 0.682. The van der Waals surface area contributed by atoms with Gasteiger partial charge in [0, 0.05) is 12.1 Å². The summed E-state index contributed by atoms with van der Waals surface area (Å²) in [6, 6.07) is 10.5. The van der Waals surface area contributed by atoms with Crippen LogP contribution in [0.1, 0.15) is 50.9 Å². The number of para-hydroxylation sites is 1. The van der Waals surface area contributed by atoms with E-state index in [0.29, 0.717) is 17.7 Å². The summed E-state index contributed by atoms with van der Waals surface area (Å²) < 4.78 is 19.4. The maximum Gasteiger partial charge on any atom is 0.412 e. The first-order chi connectivity index (χ1) is 16.4. The molecule has 0 radical (unpaired) electrons. The number of hydrogen-bond donors (Lipinski definition) is 2. The van der Waals surface area contributed by atoms with Crippen molar-refractivity contribution in [3.05, 3.63) is 53.8 Å². The largest absolute Gasteiger partial charge is 0.444 e. The van der Waals surface area contributed by atoms with Crippen molar-refractivity contribution in [1.29, 1.82) is 0 Å². The third-order valence-corrected chi connectivity index (χ3v) is 5.93. The predicted molar refractivity (Wildman–Crippen MR) is 127 cm³/mol. The van der Waals surface area contributed by atoms with E-state index in [-0.39, 0.29) is 36.2 Å². The van der Waals surface area contributed by atoms with E-state index < -0.39 is 29.1 Å². The Labute approximate surface area is 202 Å². The molecule has 1 atom stereocenters. The van der Waals surface area contributed by atoms with Crippen LogP contribution >= 0.6 is 0 Å². The van der Waals surface area contributed by atoms with E-state index in [2.05, 4.69) is 10.6 Å². The molecule has 2 aliphatic heterocycles. The topological polar surface area (TPSA) is 108 Å². The average Bonchev–Trinajstić information content (AvgIpc) is 3.07. The SMILES string of the molecule is CC(C)(C)OC(=O)Nc1cc(NC(=O)CN2C(=O)c3ccccc3N3C(=O)CCC23C)ccc1F. The number of nitrogens with zero attached hydrogens (tertiary/aromatic N) is 2. The number of nitrogens with one attached hydrogen (secondary N) is 2. The van der Waals surface area contributed by atoms with Gasteiger partial charge in [0.25, 0.3) is 5.91 Å². The predicted octanol–water partition coefficient (Wildman–Crippen LogP) is 4.11. The number of ether oxygens (including phenoxy) is 1. The standard InChI is InChI=1S/C25H27FN4O5/c1-24(2,3)35-23(34)28-18-13-15(9-10-17(18)26)27-20(31)14-29-22(33)16-7-5-6-8-19(16)30-21(32)11-12-25(29,30)4/h5-10,13H,11-12,14H2,1-4H3,(H,27,31)(H,28,34). The molecule has 1 unspecified atom stereocenters. The summed E-state index contributed by atoms with van der Waals surface area (Å²) in [6.45, 7) is 6.48. The third-order valence-electron chi connectivity index (χ3n) is 5.93. The van der Waals surface area contributed by atoms with Gasteiger partial charge in [0.15, 0.2) is 0 Å². The van der Waals surface area contributed by atoms with E-state index in [0.717, 1.165) is 6.07 Å². The van der Waals surface area contributed by atoms with Gasteiger partial charge in [-0.15, -0.1) is 0 Å². The van der Waals surface area contributed by atoms with Crippen LogP contribution in [0.2, 0.25) is 0 Å². The number of amides is 4. The van der Waals surface area contributed by atoms with Crippen molar-refractivity contribution in [3.63, 3.8) is 0 Å². The van der Waals surface area contributed by atoms with Crippen molar-refractivity contribution in [3.8, 4) is 0 Å². The molecule has 10 heteroatoms. The Morgan fingerprint density at radius 3 is 2.54 bits per heavy atom. The fraction of sp³-hybridized carbons (Fsp3) is 0.360. The van der Waals surface area contributed by atoms with Crippen molar-refractivity contribution in [2.45, 2.75) is 51.8 Å². The zero-order chi connectivity index (χ0) is 25.5. The molecule has 184 valence electrons. The Bertz CT molecular complexity index is 1220. The van der Waals surface area contributed by atoms with E-state index in [4.69, 9.17) is 4.74 Å². The maximum absolute atomic E-state index is 14.2. The first kappa shape index (κ1) is 24.2. The van der Waals surface area contributed by atoms with Gasteiger partial charge in [0.2, 0.25) is 11.8 Å². The van der Waals surface area contributed by atoms with Gasteiger partial charge < -0.3 is 15.0 Å². The van der Waals surface area contributed by atoms with Crippen LogP contribution in [0.4, 0.5) is 26.2 Å².